The fourth-order valence-electron chi connectivity index (χ4n) is 0.351. The van der Waals surface area contributed by atoms with Crippen LogP contribution in [-0.2, 0) is 35.8 Å². The van der Waals surface area contributed by atoms with Crippen molar-refractivity contribution in [1.29, 1.82) is 0 Å². The second-order valence-electron chi connectivity index (χ2n) is 1.58. The molecule has 0 aliphatic heterocycles. The quantitative estimate of drug-likeness (QED) is 0.437. The molecule has 3 nitrogen and oxygen atoms in total. The van der Waals surface area contributed by atoms with Crippen LogP contribution in [0.4, 0.5) is 0 Å². The van der Waals surface area contributed by atoms with Crippen molar-refractivity contribution in [3.05, 3.63) is 0 Å². The predicted molar refractivity (Wildman–Crippen MR) is 39.5 cm³/mol. The molecule has 0 aromatic rings. The molecule has 0 rings (SSSR count). The molecular weight excluding hydrogens is 226 g/mol. The van der Waals surface area contributed by atoms with Crippen molar-refractivity contribution in [1.82, 2.24) is 0 Å². The van der Waals surface area contributed by atoms with Crippen molar-refractivity contribution in [2.75, 3.05) is 0 Å². The second-order valence-corrected chi connectivity index (χ2v) is 1.58. The summed E-state index contributed by atoms with van der Waals surface area (Å²) in [5, 5.41) is 0. The smallest absolute Gasteiger partial charge is 0.187 e. The number of ketones is 2. The summed E-state index contributed by atoms with van der Waals surface area (Å²) < 4.78 is 0. The first kappa shape index (κ1) is 22.4. The Morgan fingerprint density at radius 3 is 1.30 bits per heavy atom. The van der Waals surface area contributed by atoms with Gasteiger partial charge >= 0.3 is 0 Å². The SMILES string of the molecule is CC(=O)CC(C)=O.O.[AlH3].[Zr]. The molecule has 0 amide bonds. The topological polar surface area (TPSA) is 65.6 Å². The van der Waals surface area contributed by atoms with E-state index in [0.717, 1.165) is 0 Å². The van der Waals surface area contributed by atoms with Gasteiger partial charge in [-0.2, -0.15) is 0 Å². The van der Waals surface area contributed by atoms with Gasteiger partial charge in [-0.3, -0.25) is 9.59 Å². The van der Waals surface area contributed by atoms with Crippen LogP contribution in [0.25, 0.3) is 0 Å². The second kappa shape index (κ2) is 12.4. The Balaban J connectivity index is -0.0000000600. The molecule has 0 atom stereocenters. The fraction of sp³-hybridized carbons (Fsp3) is 0.600. The number of rotatable bonds is 2. The summed E-state index contributed by atoms with van der Waals surface area (Å²) in [6.45, 7) is 2.81. The van der Waals surface area contributed by atoms with Crippen LogP contribution < -0.4 is 0 Å². The first-order valence-electron chi connectivity index (χ1n) is 2.12. The van der Waals surface area contributed by atoms with E-state index in [1.165, 1.54) is 13.8 Å². The molecule has 0 aliphatic carbocycles. The van der Waals surface area contributed by atoms with E-state index in [9.17, 15) is 9.59 Å². The maximum absolute atomic E-state index is 10.0. The van der Waals surface area contributed by atoms with E-state index in [2.05, 4.69) is 0 Å². The Labute approximate surface area is 90.1 Å². The molecular formula is C5H13AlO3Zr. The molecule has 58 valence electrons. The standard InChI is InChI=1S/C5H8O2.Al.H2O.Zr.3H/c1-4(6)3-5(2)7;;;;;;/h3H2,1-2H3;;1H2;;;;. The first-order chi connectivity index (χ1) is 3.13. The monoisotopic (exact) mass is 238 g/mol. The number of hydrogen-bond acceptors (Lipinski definition) is 2. The van der Waals surface area contributed by atoms with Crippen molar-refractivity contribution in [2.45, 2.75) is 20.3 Å². The normalized spacial score (nSPS) is 5.80. The van der Waals surface area contributed by atoms with Crippen molar-refractivity contribution in [2.24, 2.45) is 0 Å². The zero-order valence-corrected chi connectivity index (χ0v) is 7.98. The van der Waals surface area contributed by atoms with Crippen molar-refractivity contribution < 1.29 is 41.3 Å². The van der Waals surface area contributed by atoms with Gasteiger partial charge in [0.1, 0.15) is 11.6 Å². The van der Waals surface area contributed by atoms with Crippen LogP contribution in [0, 0.1) is 0 Å². The van der Waals surface area contributed by atoms with E-state index >= 15 is 0 Å². The summed E-state index contributed by atoms with van der Waals surface area (Å²) in [6, 6.07) is 0. The molecule has 0 fully saturated rings. The minimum Gasteiger partial charge on any atom is -0.412 e. The molecule has 0 aliphatic rings. The van der Waals surface area contributed by atoms with Crippen LogP contribution in [0.15, 0.2) is 0 Å². The molecule has 0 saturated heterocycles. The average molecular weight is 239 g/mol. The molecule has 0 aromatic heterocycles. The summed E-state index contributed by atoms with van der Waals surface area (Å²) in [6.07, 6.45) is 0.0833. The van der Waals surface area contributed by atoms with Crippen LogP contribution >= 0.6 is 0 Å². The summed E-state index contributed by atoms with van der Waals surface area (Å²) in [5.74, 6) is -0.125. The minimum atomic E-state index is -0.0625. The Morgan fingerprint density at radius 2 is 1.30 bits per heavy atom. The van der Waals surface area contributed by atoms with Gasteiger partial charge in [-0.15, -0.1) is 0 Å². The van der Waals surface area contributed by atoms with E-state index in [1.807, 2.05) is 0 Å². The van der Waals surface area contributed by atoms with E-state index in [-0.39, 0.29) is 67.0 Å². The van der Waals surface area contributed by atoms with Crippen LogP contribution in [0.3, 0.4) is 0 Å². The zero-order valence-electron chi connectivity index (χ0n) is 5.52. The van der Waals surface area contributed by atoms with Gasteiger partial charge in [0.05, 0.1) is 6.42 Å². The number of hydrogen-bond donors (Lipinski definition) is 0. The Morgan fingerprint density at radius 1 is 1.10 bits per heavy atom. The predicted octanol–water partition coefficient (Wildman–Crippen LogP) is -1.46. The van der Waals surface area contributed by atoms with Gasteiger partial charge in [-0.1, -0.05) is 0 Å². The van der Waals surface area contributed by atoms with Gasteiger partial charge in [0.25, 0.3) is 0 Å². The number of Topliss-reactive ketones (excluding diaryl/α,β-unsaturated/α-hetero) is 2. The van der Waals surface area contributed by atoms with Crippen molar-refractivity contribution in [3.8, 4) is 0 Å². The first-order valence-corrected chi connectivity index (χ1v) is 2.12. The maximum Gasteiger partial charge on any atom is 0.187 e. The zero-order chi connectivity index (χ0) is 5.86. The van der Waals surface area contributed by atoms with E-state index in [0.29, 0.717) is 0 Å². The average Bonchev–Trinajstić information content (AvgIpc) is 1.27. The summed E-state index contributed by atoms with van der Waals surface area (Å²) in [5.41, 5.74) is 0. The van der Waals surface area contributed by atoms with Crippen molar-refractivity contribution >= 4 is 28.9 Å². The largest absolute Gasteiger partial charge is 0.412 e. The van der Waals surface area contributed by atoms with E-state index < -0.39 is 0 Å². The van der Waals surface area contributed by atoms with Gasteiger partial charge in [0.2, 0.25) is 0 Å². The number of carbonyl (C=O) groups excluding carboxylic acids is 2. The van der Waals surface area contributed by atoms with Crippen molar-refractivity contribution in [3.63, 3.8) is 0 Å². The summed E-state index contributed by atoms with van der Waals surface area (Å²) >= 11 is 0. The molecule has 0 bridgehead atoms. The molecule has 0 unspecified atom stereocenters. The maximum atomic E-state index is 10.0. The Hall–Kier alpha value is 0.716. The Bertz CT molecular complexity index is 93.1. The van der Waals surface area contributed by atoms with Gasteiger partial charge in [-0.05, 0) is 13.8 Å². The summed E-state index contributed by atoms with van der Waals surface area (Å²) in [4.78, 5) is 20.1. The molecule has 0 heterocycles. The minimum absolute atomic E-state index is 0. The van der Waals surface area contributed by atoms with Gasteiger partial charge < -0.3 is 5.48 Å². The molecule has 10 heavy (non-hydrogen) atoms. The third kappa shape index (κ3) is 23.3. The fourth-order valence-corrected chi connectivity index (χ4v) is 0.351. The van der Waals surface area contributed by atoms with Gasteiger partial charge in [-0.25, -0.2) is 0 Å². The number of carbonyl (C=O) groups is 2. The Kier molecular flexibility index (Phi) is 27.8. The molecule has 0 aromatic carbocycles. The summed E-state index contributed by atoms with van der Waals surface area (Å²) in [7, 11) is 0. The molecule has 0 radical (unpaired) electrons. The van der Waals surface area contributed by atoms with Crippen LogP contribution in [-0.4, -0.2) is 34.4 Å². The van der Waals surface area contributed by atoms with Crippen LogP contribution in [0.5, 0.6) is 0 Å². The van der Waals surface area contributed by atoms with Crippen LogP contribution in [0.2, 0.25) is 0 Å². The van der Waals surface area contributed by atoms with Gasteiger partial charge in [0.15, 0.2) is 17.4 Å². The van der Waals surface area contributed by atoms with E-state index in [4.69, 9.17) is 0 Å². The third-order valence-corrected chi connectivity index (χ3v) is 0.498. The molecule has 0 spiro atoms. The van der Waals surface area contributed by atoms with E-state index in [1.54, 1.807) is 0 Å². The van der Waals surface area contributed by atoms with Gasteiger partial charge in [0, 0.05) is 26.2 Å². The third-order valence-electron chi connectivity index (χ3n) is 0.498. The van der Waals surface area contributed by atoms with Crippen LogP contribution in [0.1, 0.15) is 20.3 Å². The molecule has 5 heteroatoms. The molecule has 0 saturated carbocycles. The molecule has 2 N–H and O–H groups in total.